The Morgan fingerprint density at radius 2 is 1.83 bits per heavy atom. The van der Waals surface area contributed by atoms with E-state index in [-0.39, 0.29) is 17.6 Å². The number of thiophene rings is 1. The molecule has 5 heterocycles. The number of rotatable bonds is 6. The first-order chi connectivity index (χ1) is 20.0. The summed E-state index contributed by atoms with van der Waals surface area (Å²) in [6.07, 6.45) is 10.6. The minimum atomic E-state index is 0.0624. The molecule has 1 aliphatic carbocycles. The second-order valence-electron chi connectivity index (χ2n) is 10.6. The van der Waals surface area contributed by atoms with E-state index in [4.69, 9.17) is 0 Å². The van der Waals surface area contributed by atoms with Crippen molar-refractivity contribution in [2.24, 2.45) is 5.92 Å². The van der Waals surface area contributed by atoms with Crippen molar-refractivity contribution >= 4 is 50.7 Å². The molecule has 5 aromatic heterocycles. The Bertz CT molecular complexity index is 1930. The van der Waals surface area contributed by atoms with Gasteiger partial charge in [-0.2, -0.15) is 5.10 Å². The standard InChI is InChI=1S/C32H28N6O2S/c1-18(39)28-9-10-29(41-28)23-11-12-34-31-24(23)15-27(36-31)30-25-14-20(7-8-26(25)37-38-30)21-13-22(17-33-16-21)35-32(40)19-5-3-2-4-6-19/h7-17,19H,2-6H2,1H3,(H,34,36)(H,35,40)(H,37,38). The van der Waals surface area contributed by atoms with Crippen LogP contribution < -0.4 is 5.32 Å². The molecule has 0 aliphatic heterocycles. The third-order valence-electron chi connectivity index (χ3n) is 7.88. The van der Waals surface area contributed by atoms with Crippen molar-refractivity contribution in [3.8, 4) is 33.0 Å². The van der Waals surface area contributed by atoms with E-state index in [9.17, 15) is 9.59 Å². The van der Waals surface area contributed by atoms with Crippen LogP contribution in [0.15, 0.2) is 67.1 Å². The number of nitrogens with one attached hydrogen (secondary N) is 3. The Balaban J connectivity index is 1.22. The second kappa shape index (κ2) is 10.4. The average molecular weight is 561 g/mol. The lowest BCUT2D eigenvalue weighted by molar-refractivity contribution is -0.120. The fraction of sp³-hybridized carbons (Fsp3) is 0.219. The maximum atomic E-state index is 12.8. The highest BCUT2D eigenvalue weighted by Gasteiger charge is 2.21. The summed E-state index contributed by atoms with van der Waals surface area (Å²) in [5.41, 5.74) is 6.93. The van der Waals surface area contributed by atoms with E-state index in [1.165, 1.54) is 17.8 Å². The smallest absolute Gasteiger partial charge is 0.227 e. The number of carbonyl (C=O) groups is 2. The monoisotopic (exact) mass is 560 g/mol. The summed E-state index contributed by atoms with van der Waals surface area (Å²) in [4.78, 5) is 38.8. The van der Waals surface area contributed by atoms with Crippen LogP contribution in [0, 0.1) is 5.92 Å². The molecule has 3 N–H and O–H groups in total. The SMILES string of the molecule is CC(=O)c1ccc(-c2ccnc3[nH]c(-c4n[nH]c5ccc(-c6cncc(NC(=O)C7CCCCC7)c6)cc45)cc23)s1. The summed E-state index contributed by atoms with van der Waals surface area (Å²) >= 11 is 1.49. The zero-order chi connectivity index (χ0) is 27.9. The van der Waals surface area contributed by atoms with Gasteiger partial charge >= 0.3 is 0 Å². The van der Waals surface area contributed by atoms with Crippen molar-refractivity contribution in [2.75, 3.05) is 5.32 Å². The summed E-state index contributed by atoms with van der Waals surface area (Å²) in [6.45, 7) is 1.59. The number of H-pyrrole nitrogens is 2. The lowest BCUT2D eigenvalue weighted by Crippen LogP contribution is -2.24. The van der Waals surface area contributed by atoms with E-state index in [0.717, 1.165) is 85.5 Å². The van der Waals surface area contributed by atoms with E-state index in [1.807, 2.05) is 42.6 Å². The van der Waals surface area contributed by atoms with Gasteiger partial charge in [-0.05, 0) is 67.8 Å². The molecular weight excluding hydrogens is 532 g/mol. The summed E-state index contributed by atoms with van der Waals surface area (Å²) in [6, 6.07) is 16.0. The van der Waals surface area contributed by atoms with E-state index >= 15 is 0 Å². The van der Waals surface area contributed by atoms with E-state index < -0.39 is 0 Å². The molecule has 0 bridgehead atoms. The topological polar surface area (TPSA) is 116 Å². The molecule has 1 saturated carbocycles. The number of nitrogens with zero attached hydrogens (tertiary/aromatic N) is 3. The highest BCUT2D eigenvalue weighted by Crippen LogP contribution is 2.37. The number of amides is 1. The minimum Gasteiger partial charge on any atom is -0.338 e. The van der Waals surface area contributed by atoms with Gasteiger partial charge in [0.2, 0.25) is 5.91 Å². The predicted octanol–water partition coefficient (Wildman–Crippen LogP) is 7.62. The lowest BCUT2D eigenvalue weighted by atomic mass is 9.88. The van der Waals surface area contributed by atoms with Crippen molar-refractivity contribution < 1.29 is 9.59 Å². The third kappa shape index (κ3) is 4.82. The van der Waals surface area contributed by atoms with E-state index in [0.29, 0.717) is 5.69 Å². The van der Waals surface area contributed by atoms with Crippen LogP contribution in [0.3, 0.4) is 0 Å². The molecule has 9 heteroatoms. The van der Waals surface area contributed by atoms with Crippen LogP contribution in [0.25, 0.3) is 54.9 Å². The molecule has 41 heavy (non-hydrogen) atoms. The number of hydrogen-bond acceptors (Lipinski definition) is 6. The molecule has 8 nitrogen and oxygen atoms in total. The van der Waals surface area contributed by atoms with Crippen LogP contribution >= 0.6 is 11.3 Å². The van der Waals surface area contributed by atoms with Crippen LogP contribution in [0.5, 0.6) is 0 Å². The van der Waals surface area contributed by atoms with E-state index in [1.54, 1.807) is 19.3 Å². The minimum absolute atomic E-state index is 0.0624. The largest absolute Gasteiger partial charge is 0.338 e. The van der Waals surface area contributed by atoms with E-state index in [2.05, 4.69) is 42.6 Å². The number of ketones is 1. The zero-order valence-corrected chi connectivity index (χ0v) is 23.3. The fourth-order valence-corrected chi connectivity index (χ4v) is 6.66. The number of aromatic amines is 2. The summed E-state index contributed by atoms with van der Waals surface area (Å²) < 4.78 is 0. The summed E-state index contributed by atoms with van der Waals surface area (Å²) in [5, 5.41) is 12.8. The second-order valence-corrected chi connectivity index (χ2v) is 11.7. The number of hydrogen-bond donors (Lipinski definition) is 3. The first-order valence-corrected chi connectivity index (χ1v) is 14.7. The summed E-state index contributed by atoms with van der Waals surface area (Å²) in [5.74, 6) is 0.232. The maximum Gasteiger partial charge on any atom is 0.227 e. The summed E-state index contributed by atoms with van der Waals surface area (Å²) in [7, 11) is 0. The van der Waals surface area contributed by atoms with Gasteiger partial charge in [0.05, 0.1) is 28.0 Å². The first-order valence-electron chi connectivity index (χ1n) is 13.9. The van der Waals surface area contributed by atoms with Gasteiger partial charge in [-0.1, -0.05) is 25.3 Å². The van der Waals surface area contributed by atoms with Crippen molar-refractivity contribution in [1.82, 2.24) is 25.1 Å². The number of anilines is 1. The Morgan fingerprint density at radius 1 is 0.951 bits per heavy atom. The Labute approximate surface area is 240 Å². The van der Waals surface area contributed by atoms with Gasteiger partial charge in [-0.3, -0.25) is 19.7 Å². The molecule has 1 aliphatic rings. The van der Waals surface area contributed by atoms with Gasteiger partial charge in [0.15, 0.2) is 5.78 Å². The molecule has 204 valence electrons. The highest BCUT2D eigenvalue weighted by molar-refractivity contribution is 7.17. The molecular formula is C32H28N6O2S. The Kier molecular flexibility index (Phi) is 6.43. The number of pyridine rings is 2. The van der Waals surface area contributed by atoms with Crippen molar-refractivity contribution in [2.45, 2.75) is 39.0 Å². The molecule has 0 radical (unpaired) electrons. The van der Waals surface area contributed by atoms with Crippen molar-refractivity contribution in [1.29, 1.82) is 0 Å². The van der Waals surface area contributed by atoms with Crippen LogP contribution in [-0.4, -0.2) is 36.8 Å². The quantitative estimate of drug-likeness (QED) is 0.181. The van der Waals surface area contributed by atoms with Gasteiger partial charge in [0, 0.05) is 45.1 Å². The number of aromatic nitrogens is 5. The van der Waals surface area contributed by atoms with Crippen molar-refractivity contribution in [3.05, 3.63) is 72.0 Å². The molecule has 1 fully saturated rings. The third-order valence-corrected chi connectivity index (χ3v) is 9.10. The molecule has 0 unspecified atom stereocenters. The van der Waals surface area contributed by atoms with Crippen LogP contribution in [-0.2, 0) is 4.79 Å². The van der Waals surface area contributed by atoms with Crippen LogP contribution in [0.4, 0.5) is 5.69 Å². The zero-order valence-electron chi connectivity index (χ0n) is 22.5. The number of Topliss-reactive ketones (excluding diaryl/α,β-unsaturated/α-hetero) is 1. The van der Waals surface area contributed by atoms with Gasteiger partial charge in [0.25, 0.3) is 0 Å². The molecule has 0 spiro atoms. The van der Waals surface area contributed by atoms with Gasteiger partial charge in [-0.15, -0.1) is 11.3 Å². The lowest BCUT2D eigenvalue weighted by Gasteiger charge is -2.20. The fourth-order valence-electron chi connectivity index (χ4n) is 5.72. The maximum absolute atomic E-state index is 12.8. The van der Waals surface area contributed by atoms with Gasteiger partial charge in [-0.25, -0.2) is 4.98 Å². The molecule has 6 aromatic rings. The highest BCUT2D eigenvalue weighted by atomic mass is 32.1. The van der Waals surface area contributed by atoms with Gasteiger partial charge < -0.3 is 10.3 Å². The molecule has 0 saturated heterocycles. The van der Waals surface area contributed by atoms with Crippen LogP contribution in [0.1, 0.15) is 48.7 Å². The Morgan fingerprint density at radius 3 is 2.66 bits per heavy atom. The number of carbonyl (C=O) groups excluding carboxylic acids is 2. The van der Waals surface area contributed by atoms with Crippen LogP contribution in [0.2, 0.25) is 0 Å². The molecule has 0 atom stereocenters. The molecule has 7 rings (SSSR count). The molecule has 1 amide bonds. The van der Waals surface area contributed by atoms with Gasteiger partial charge in [0.1, 0.15) is 11.3 Å². The van der Waals surface area contributed by atoms with Crippen molar-refractivity contribution in [3.63, 3.8) is 0 Å². The average Bonchev–Trinajstić information content (AvgIpc) is 3.75. The predicted molar refractivity (Wildman–Crippen MR) is 163 cm³/mol. The Hall–Kier alpha value is -4.63. The number of benzene rings is 1. The number of fused-ring (bicyclic) bond motifs is 2. The molecule has 1 aromatic carbocycles. The first kappa shape index (κ1) is 25.3. The normalized spacial score (nSPS) is 14.1.